The molecule has 0 saturated carbocycles. The first kappa shape index (κ1) is 14.9. The van der Waals surface area contributed by atoms with Crippen molar-refractivity contribution in [3.8, 4) is 0 Å². The summed E-state index contributed by atoms with van der Waals surface area (Å²) in [5, 5.41) is 12.4. The SMILES string of the molecule is C[C@H](O)C[C@H]1COCCN1C(=O)NCc1ccn(C)c1. The van der Waals surface area contributed by atoms with Gasteiger partial charge in [-0.05, 0) is 25.0 Å². The van der Waals surface area contributed by atoms with E-state index in [4.69, 9.17) is 4.74 Å². The number of amides is 2. The van der Waals surface area contributed by atoms with Crippen molar-refractivity contribution in [2.45, 2.75) is 32.0 Å². The number of hydrogen-bond acceptors (Lipinski definition) is 3. The highest BCUT2D eigenvalue weighted by Crippen LogP contribution is 2.13. The molecule has 2 rings (SSSR count). The van der Waals surface area contributed by atoms with E-state index in [9.17, 15) is 9.90 Å². The third-order valence-corrected chi connectivity index (χ3v) is 3.44. The minimum Gasteiger partial charge on any atom is -0.393 e. The fourth-order valence-corrected chi connectivity index (χ4v) is 2.46. The summed E-state index contributed by atoms with van der Waals surface area (Å²) >= 11 is 0. The molecule has 1 aliphatic rings. The maximum absolute atomic E-state index is 12.2. The molecule has 20 heavy (non-hydrogen) atoms. The Bertz CT molecular complexity index is 445. The van der Waals surface area contributed by atoms with Gasteiger partial charge in [0.15, 0.2) is 0 Å². The first-order valence-corrected chi connectivity index (χ1v) is 6.97. The Morgan fingerprint density at radius 1 is 1.65 bits per heavy atom. The number of urea groups is 1. The first-order valence-electron chi connectivity index (χ1n) is 6.97. The van der Waals surface area contributed by atoms with Crippen molar-refractivity contribution >= 4 is 6.03 Å². The summed E-state index contributed by atoms with van der Waals surface area (Å²) in [4.78, 5) is 14.0. The third-order valence-electron chi connectivity index (χ3n) is 3.44. The summed E-state index contributed by atoms with van der Waals surface area (Å²) in [6.07, 6.45) is 4.03. The van der Waals surface area contributed by atoms with Gasteiger partial charge < -0.3 is 24.6 Å². The number of carbonyl (C=O) groups is 1. The van der Waals surface area contributed by atoms with Crippen LogP contribution >= 0.6 is 0 Å². The molecule has 1 aliphatic heterocycles. The average molecular weight is 281 g/mol. The monoisotopic (exact) mass is 281 g/mol. The van der Waals surface area contributed by atoms with E-state index in [0.717, 1.165) is 5.56 Å². The number of carbonyl (C=O) groups excluding carboxylic acids is 1. The van der Waals surface area contributed by atoms with E-state index in [1.165, 1.54) is 0 Å². The Morgan fingerprint density at radius 3 is 3.10 bits per heavy atom. The molecule has 6 heteroatoms. The Morgan fingerprint density at radius 2 is 2.45 bits per heavy atom. The lowest BCUT2D eigenvalue weighted by atomic mass is 10.1. The standard InChI is InChI=1S/C14H23N3O3/c1-11(18)7-13-10-20-6-5-17(13)14(19)15-8-12-3-4-16(2)9-12/h3-4,9,11,13,18H,5-8,10H2,1-2H3,(H,15,19)/t11-,13-/m0/s1. The van der Waals surface area contributed by atoms with Gasteiger partial charge in [0.25, 0.3) is 0 Å². The fourth-order valence-electron chi connectivity index (χ4n) is 2.46. The van der Waals surface area contributed by atoms with E-state index in [1.54, 1.807) is 11.8 Å². The molecule has 1 aromatic heterocycles. The van der Waals surface area contributed by atoms with Gasteiger partial charge in [0.2, 0.25) is 0 Å². The summed E-state index contributed by atoms with van der Waals surface area (Å²) in [5.41, 5.74) is 1.07. The lowest BCUT2D eigenvalue weighted by Crippen LogP contribution is -2.53. The van der Waals surface area contributed by atoms with Crippen LogP contribution in [0.15, 0.2) is 18.5 Å². The Hall–Kier alpha value is -1.53. The van der Waals surface area contributed by atoms with Gasteiger partial charge in [-0.3, -0.25) is 0 Å². The molecule has 0 spiro atoms. The Balaban J connectivity index is 1.88. The van der Waals surface area contributed by atoms with Crippen LogP contribution in [-0.4, -0.2) is 52.5 Å². The largest absolute Gasteiger partial charge is 0.393 e. The van der Waals surface area contributed by atoms with E-state index in [1.807, 2.05) is 30.1 Å². The zero-order valence-corrected chi connectivity index (χ0v) is 12.1. The highest BCUT2D eigenvalue weighted by molar-refractivity contribution is 5.74. The van der Waals surface area contributed by atoms with Crippen LogP contribution in [0.2, 0.25) is 0 Å². The summed E-state index contributed by atoms with van der Waals surface area (Å²) in [6, 6.07) is 1.83. The zero-order valence-electron chi connectivity index (χ0n) is 12.1. The molecule has 2 heterocycles. The van der Waals surface area contributed by atoms with Gasteiger partial charge in [0.05, 0.1) is 25.4 Å². The predicted octanol–water partition coefficient (Wildman–Crippen LogP) is 0.706. The summed E-state index contributed by atoms with van der Waals surface area (Å²) in [5.74, 6) is 0. The molecule has 0 unspecified atom stereocenters. The lowest BCUT2D eigenvalue weighted by Gasteiger charge is -2.36. The van der Waals surface area contributed by atoms with Crippen molar-refractivity contribution in [2.75, 3.05) is 19.8 Å². The number of hydrogen-bond donors (Lipinski definition) is 2. The van der Waals surface area contributed by atoms with Crippen LogP contribution in [0, 0.1) is 0 Å². The second kappa shape index (κ2) is 6.76. The van der Waals surface area contributed by atoms with Gasteiger partial charge in [0.1, 0.15) is 0 Å². The Labute approximate surface area is 119 Å². The molecule has 0 radical (unpaired) electrons. The van der Waals surface area contributed by atoms with E-state index in [2.05, 4.69) is 5.32 Å². The van der Waals surface area contributed by atoms with Crippen LogP contribution in [0.5, 0.6) is 0 Å². The minimum absolute atomic E-state index is 0.0560. The number of rotatable bonds is 4. The van der Waals surface area contributed by atoms with Crippen LogP contribution in [0.3, 0.4) is 0 Å². The highest BCUT2D eigenvalue weighted by atomic mass is 16.5. The van der Waals surface area contributed by atoms with Crippen molar-refractivity contribution in [2.24, 2.45) is 7.05 Å². The Kier molecular flexibility index (Phi) is 5.03. The van der Waals surface area contributed by atoms with Crippen molar-refractivity contribution in [1.29, 1.82) is 0 Å². The fraction of sp³-hybridized carbons (Fsp3) is 0.643. The second-order valence-corrected chi connectivity index (χ2v) is 5.35. The molecule has 1 aromatic rings. The topological polar surface area (TPSA) is 66.7 Å². The van der Waals surface area contributed by atoms with Gasteiger partial charge in [0, 0.05) is 32.5 Å². The molecular weight excluding hydrogens is 258 g/mol. The number of nitrogens with one attached hydrogen (secondary N) is 1. The molecule has 112 valence electrons. The van der Waals surface area contributed by atoms with Gasteiger partial charge in [-0.25, -0.2) is 4.79 Å². The summed E-state index contributed by atoms with van der Waals surface area (Å²) in [6.45, 7) is 3.85. The van der Waals surface area contributed by atoms with Gasteiger partial charge >= 0.3 is 6.03 Å². The van der Waals surface area contributed by atoms with Gasteiger partial charge in [-0.15, -0.1) is 0 Å². The van der Waals surface area contributed by atoms with Crippen molar-refractivity contribution in [3.63, 3.8) is 0 Å². The number of aliphatic hydroxyl groups is 1. The predicted molar refractivity (Wildman–Crippen MR) is 75.3 cm³/mol. The molecule has 6 nitrogen and oxygen atoms in total. The molecular formula is C14H23N3O3. The highest BCUT2D eigenvalue weighted by Gasteiger charge is 2.28. The van der Waals surface area contributed by atoms with Crippen molar-refractivity contribution in [1.82, 2.24) is 14.8 Å². The van der Waals surface area contributed by atoms with Crippen LogP contribution in [0.4, 0.5) is 4.79 Å². The molecule has 0 aromatic carbocycles. The number of morpholine rings is 1. The van der Waals surface area contributed by atoms with Crippen molar-refractivity contribution in [3.05, 3.63) is 24.0 Å². The van der Waals surface area contributed by atoms with Crippen LogP contribution < -0.4 is 5.32 Å². The smallest absolute Gasteiger partial charge is 0.318 e. The van der Waals surface area contributed by atoms with Gasteiger partial charge in [-0.2, -0.15) is 0 Å². The third kappa shape index (κ3) is 3.98. The van der Waals surface area contributed by atoms with E-state index >= 15 is 0 Å². The van der Waals surface area contributed by atoms with E-state index in [0.29, 0.717) is 32.7 Å². The normalized spacial score (nSPS) is 20.8. The molecule has 1 fully saturated rings. The minimum atomic E-state index is -0.439. The van der Waals surface area contributed by atoms with Crippen LogP contribution in [0.25, 0.3) is 0 Å². The summed E-state index contributed by atoms with van der Waals surface area (Å²) < 4.78 is 7.34. The average Bonchev–Trinajstić information content (AvgIpc) is 2.82. The van der Waals surface area contributed by atoms with E-state index < -0.39 is 6.10 Å². The molecule has 0 aliphatic carbocycles. The molecule has 2 N–H and O–H groups in total. The first-order chi connectivity index (χ1) is 9.56. The molecule has 2 amide bonds. The maximum atomic E-state index is 12.2. The number of aromatic nitrogens is 1. The second-order valence-electron chi connectivity index (χ2n) is 5.35. The quantitative estimate of drug-likeness (QED) is 0.854. The molecule has 1 saturated heterocycles. The van der Waals surface area contributed by atoms with Crippen molar-refractivity contribution < 1.29 is 14.6 Å². The maximum Gasteiger partial charge on any atom is 0.318 e. The van der Waals surface area contributed by atoms with Crippen LogP contribution in [-0.2, 0) is 18.3 Å². The molecule has 0 bridgehead atoms. The number of aliphatic hydroxyl groups excluding tert-OH is 1. The number of ether oxygens (including phenoxy) is 1. The molecule has 2 atom stereocenters. The number of nitrogens with zero attached hydrogens (tertiary/aromatic N) is 2. The lowest BCUT2D eigenvalue weighted by molar-refractivity contribution is -0.00437. The number of aryl methyl sites for hydroxylation is 1. The van der Waals surface area contributed by atoms with E-state index in [-0.39, 0.29) is 12.1 Å². The zero-order chi connectivity index (χ0) is 14.5. The van der Waals surface area contributed by atoms with Gasteiger partial charge in [-0.1, -0.05) is 0 Å². The van der Waals surface area contributed by atoms with Crippen LogP contribution in [0.1, 0.15) is 18.9 Å². The summed E-state index contributed by atoms with van der Waals surface area (Å²) in [7, 11) is 1.95.